The van der Waals surface area contributed by atoms with Crippen molar-refractivity contribution in [2.24, 2.45) is 0 Å². The van der Waals surface area contributed by atoms with E-state index in [0.717, 1.165) is 0 Å². The molecular formula is C5H7ClO2S2. The average Bonchev–Trinajstić information content (AvgIpc) is 2.08. The lowest BCUT2D eigenvalue weighted by Crippen LogP contribution is -1.91. The highest BCUT2D eigenvalue weighted by molar-refractivity contribution is 7.92. The molecule has 5 heteroatoms. The Bertz CT molecular complexity index is 275. The second-order valence-corrected chi connectivity index (χ2v) is 4.89. The van der Waals surface area contributed by atoms with Crippen molar-refractivity contribution in [3.05, 3.63) is 17.5 Å². The standard InChI is InChI=1S/C5H6O2S2.ClH/c1-9(6,7)5-3-2-4-8-5;/h2-4H,1H3;1H. The molecule has 2 nitrogen and oxygen atoms in total. The van der Waals surface area contributed by atoms with Crippen molar-refractivity contribution in [3.8, 4) is 0 Å². The molecule has 0 unspecified atom stereocenters. The van der Waals surface area contributed by atoms with Crippen LogP contribution < -0.4 is 0 Å². The first-order valence-corrected chi connectivity index (χ1v) is 5.11. The summed E-state index contributed by atoms with van der Waals surface area (Å²) < 4.78 is 21.8. The summed E-state index contributed by atoms with van der Waals surface area (Å²) in [6, 6.07) is 3.32. The lowest BCUT2D eigenvalue weighted by Gasteiger charge is -1.86. The van der Waals surface area contributed by atoms with E-state index >= 15 is 0 Å². The summed E-state index contributed by atoms with van der Waals surface area (Å²) in [6.07, 6.45) is 1.21. The summed E-state index contributed by atoms with van der Waals surface area (Å²) in [5.41, 5.74) is 0. The Kier molecular flexibility index (Phi) is 3.35. The van der Waals surface area contributed by atoms with Gasteiger partial charge < -0.3 is 0 Å². The van der Waals surface area contributed by atoms with Gasteiger partial charge in [0.1, 0.15) is 4.21 Å². The number of hydrogen-bond acceptors (Lipinski definition) is 3. The molecule has 0 atom stereocenters. The molecule has 0 saturated heterocycles. The maximum absolute atomic E-state index is 10.7. The van der Waals surface area contributed by atoms with Crippen molar-refractivity contribution in [3.63, 3.8) is 0 Å². The lowest BCUT2D eigenvalue weighted by atomic mass is 10.7. The molecule has 1 heterocycles. The molecule has 0 spiro atoms. The van der Waals surface area contributed by atoms with Gasteiger partial charge in [-0.2, -0.15) is 0 Å². The topological polar surface area (TPSA) is 34.1 Å². The molecule has 0 aromatic carbocycles. The van der Waals surface area contributed by atoms with E-state index < -0.39 is 9.84 Å². The molecule has 0 aliphatic rings. The lowest BCUT2D eigenvalue weighted by molar-refractivity contribution is 0.604. The molecule has 0 aliphatic carbocycles. The fourth-order valence-electron chi connectivity index (χ4n) is 0.474. The van der Waals surface area contributed by atoms with Crippen molar-refractivity contribution in [1.29, 1.82) is 0 Å². The van der Waals surface area contributed by atoms with Gasteiger partial charge in [-0.1, -0.05) is 6.07 Å². The Morgan fingerprint density at radius 2 is 2.10 bits per heavy atom. The van der Waals surface area contributed by atoms with Crippen molar-refractivity contribution in [2.75, 3.05) is 6.26 Å². The fraction of sp³-hybridized carbons (Fsp3) is 0.200. The Balaban J connectivity index is 0.000000810. The second kappa shape index (κ2) is 3.37. The third-order valence-electron chi connectivity index (χ3n) is 0.861. The van der Waals surface area contributed by atoms with Crippen LogP contribution in [0.2, 0.25) is 0 Å². The number of halogens is 1. The van der Waals surface area contributed by atoms with Crippen LogP contribution in [0.5, 0.6) is 0 Å². The minimum atomic E-state index is -2.94. The Hall–Kier alpha value is -0.0600. The van der Waals surface area contributed by atoms with Crippen LogP contribution in [0.3, 0.4) is 0 Å². The molecular weight excluding hydrogens is 192 g/mol. The molecule has 0 radical (unpaired) electrons. The minimum Gasteiger partial charge on any atom is -0.223 e. The van der Waals surface area contributed by atoms with Crippen LogP contribution in [0.1, 0.15) is 0 Å². The number of thiophene rings is 1. The van der Waals surface area contributed by atoms with Crippen LogP contribution in [-0.4, -0.2) is 14.7 Å². The van der Waals surface area contributed by atoms with E-state index in [9.17, 15) is 8.42 Å². The highest BCUT2D eigenvalue weighted by atomic mass is 35.5. The normalized spacial score (nSPS) is 10.5. The molecule has 1 rings (SSSR count). The van der Waals surface area contributed by atoms with E-state index in [1.165, 1.54) is 17.6 Å². The molecule has 0 bridgehead atoms. The van der Waals surface area contributed by atoms with Gasteiger partial charge in [0, 0.05) is 6.26 Å². The van der Waals surface area contributed by atoms with Gasteiger partial charge in [-0.05, 0) is 11.4 Å². The van der Waals surface area contributed by atoms with E-state index in [1.807, 2.05) is 0 Å². The third kappa shape index (κ3) is 2.28. The first-order chi connectivity index (χ1) is 4.11. The summed E-state index contributed by atoms with van der Waals surface area (Å²) >= 11 is 1.24. The van der Waals surface area contributed by atoms with Gasteiger partial charge in [0.25, 0.3) is 0 Å². The molecule has 0 fully saturated rings. The largest absolute Gasteiger partial charge is 0.223 e. The Morgan fingerprint density at radius 1 is 1.50 bits per heavy atom. The van der Waals surface area contributed by atoms with E-state index in [0.29, 0.717) is 4.21 Å². The molecule has 0 amide bonds. The molecule has 0 saturated carbocycles. The highest BCUT2D eigenvalue weighted by Gasteiger charge is 2.05. The number of rotatable bonds is 1. The van der Waals surface area contributed by atoms with Crippen molar-refractivity contribution in [1.82, 2.24) is 0 Å². The maximum Gasteiger partial charge on any atom is 0.184 e. The highest BCUT2D eigenvalue weighted by Crippen LogP contribution is 2.14. The zero-order valence-electron chi connectivity index (χ0n) is 5.27. The summed E-state index contributed by atoms with van der Waals surface area (Å²) in [6.45, 7) is 0. The smallest absolute Gasteiger partial charge is 0.184 e. The van der Waals surface area contributed by atoms with Crippen LogP contribution >= 0.6 is 23.7 Å². The Labute approximate surface area is 70.2 Å². The number of sulfone groups is 1. The van der Waals surface area contributed by atoms with Gasteiger partial charge in [-0.15, -0.1) is 23.7 Å². The maximum atomic E-state index is 10.7. The van der Waals surface area contributed by atoms with Crippen molar-refractivity contribution < 1.29 is 8.42 Å². The van der Waals surface area contributed by atoms with Crippen molar-refractivity contribution in [2.45, 2.75) is 4.21 Å². The van der Waals surface area contributed by atoms with Gasteiger partial charge in [0.05, 0.1) is 0 Å². The quantitative estimate of drug-likeness (QED) is 0.687. The minimum absolute atomic E-state index is 0. The van der Waals surface area contributed by atoms with E-state index in [2.05, 4.69) is 0 Å². The first kappa shape index (κ1) is 9.94. The molecule has 58 valence electrons. The van der Waals surface area contributed by atoms with Gasteiger partial charge in [0.2, 0.25) is 0 Å². The predicted molar refractivity (Wildman–Crippen MR) is 44.7 cm³/mol. The Morgan fingerprint density at radius 3 is 2.30 bits per heavy atom. The van der Waals surface area contributed by atoms with E-state index in [-0.39, 0.29) is 12.4 Å². The second-order valence-electron chi connectivity index (χ2n) is 1.70. The van der Waals surface area contributed by atoms with Crippen LogP contribution in [0.4, 0.5) is 0 Å². The number of hydrogen-bond donors (Lipinski definition) is 0. The monoisotopic (exact) mass is 198 g/mol. The molecule has 10 heavy (non-hydrogen) atoms. The van der Waals surface area contributed by atoms with E-state index in [4.69, 9.17) is 0 Å². The van der Waals surface area contributed by atoms with Gasteiger partial charge >= 0.3 is 0 Å². The molecule has 0 aliphatic heterocycles. The first-order valence-electron chi connectivity index (χ1n) is 2.34. The molecule has 1 aromatic heterocycles. The third-order valence-corrected chi connectivity index (χ3v) is 3.59. The average molecular weight is 199 g/mol. The summed E-state index contributed by atoms with van der Waals surface area (Å²) in [7, 11) is -2.94. The summed E-state index contributed by atoms with van der Waals surface area (Å²) in [5, 5.41) is 1.75. The SMILES string of the molecule is CS(=O)(=O)c1cccs1.Cl. The van der Waals surface area contributed by atoms with Gasteiger partial charge in [-0.25, -0.2) is 8.42 Å². The zero-order chi connectivity index (χ0) is 6.91. The summed E-state index contributed by atoms with van der Waals surface area (Å²) in [5.74, 6) is 0. The van der Waals surface area contributed by atoms with Crippen LogP contribution in [0.15, 0.2) is 21.7 Å². The fourth-order valence-corrected chi connectivity index (χ4v) is 2.11. The van der Waals surface area contributed by atoms with Gasteiger partial charge in [0.15, 0.2) is 9.84 Å². The van der Waals surface area contributed by atoms with Gasteiger partial charge in [-0.3, -0.25) is 0 Å². The van der Waals surface area contributed by atoms with Crippen LogP contribution in [0.25, 0.3) is 0 Å². The zero-order valence-corrected chi connectivity index (χ0v) is 7.72. The van der Waals surface area contributed by atoms with E-state index in [1.54, 1.807) is 17.5 Å². The molecule has 0 N–H and O–H groups in total. The predicted octanol–water partition coefficient (Wildman–Crippen LogP) is 1.57. The van der Waals surface area contributed by atoms with Crippen molar-refractivity contribution >= 4 is 33.6 Å². The molecule has 1 aromatic rings. The van der Waals surface area contributed by atoms with Crippen LogP contribution in [-0.2, 0) is 9.84 Å². The van der Waals surface area contributed by atoms with Crippen LogP contribution in [0, 0.1) is 0 Å². The summed E-state index contributed by atoms with van der Waals surface area (Å²) in [4.78, 5) is 0.